The highest BCUT2D eigenvalue weighted by Gasteiger charge is 2.48. The van der Waals surface area contributed by atoms with E-state index < -0.39 is 6.04 Å². The van der Waals surface area contributed by atoms with Crippen LogP contribution in [0.3, 0.4) is 0 Å². The number of fused-ring (bicyclic) bond motifs is 4. The molecule has 0 unspecified atom stereocenters. The number of halogens is 1. The summed E-state index contributed by atoms with van der Waals surface area (Å²) < 4.78 is 5.24. The van der Waals surface area contributed by atoms with Gasteiger partial charge in [-0.2, -0.15) is 0 Å². The maximum Gasteiger partial charge on any atom is 0.246 e. The molecular formula is C28H24ClN3O3. The Morgan fingerprint density at radius 1 is 1.00 bits per heavy atom. The van der Waals surface area contributed by atoms with E-state index in [1.54, 1.807) is 16.9 Å². The average molecular weight is 486 g/mol. The highest BCUT2D eigenvalue weighted by atomic mass is 35.5. The molecule has 176 valence electrons. The summed E-state index contributed by atoms with van der Waals surface area (Å²) in [5.41, 5.74) is 4.95. The molecule has 6 rings (SSSR count). The number of nitrogens with zero attached hydrogens (tertiary/aromatic N) is 2. The van der Waals surface area contributed by atoms with Gasteiger partial charge in [0.05, 0.1) is 13.2 Å². The third-order valence-corrected chi connectivity index (χ3v) is 7.31. The Morgan fingerprint density at radius 2 is 1.74 bits per heavy atom. The normalized spacial score (nSPS) is 19.6. The molecule has 0 aliphatic carbocycles. The van der Waals surface area contributed by atoms with Gasteiger partial charge in [0, 0.05) is 34.6 Å². The predicted molar refractivity (Wildman–Crippen MR) is 134 cm³/mol. The molecule has 2 atom stereocenters. The number of hydrogen-bond donors (Lipinski definition) is 1. The van der Waals surface area contributed by atoms with Crippen LogP contribution in [0.25, 0.3) is 10.9 Å². The second-order valence-corrected chi connectivity index (χ2v) is 9.52. The molecule has 3 heterocycles. The number of methoxy groups -OCH3 is 1. The van der Waals surface area contributed by atoms with Gasteiger partial charge in [-0.05, 0) is 47.0 Å². The second kappa shape index (κ2) is 8.47. The zero-order valence-electron chi connectivity index (χ0n) is 19.2. The first-order valence-corrected chi connectivity index (χ1v) is 12.0. The number of benzene rings is 3. The molecule has 0 saturated carbocycles. The summed E-state index contributed by atoms with van der Waals surface area (Å²) in [6.07, 6.45) is 0.479. The van der Waals surface area contributed by atoms with E-state index in [1.807, 2.05) is 66.7 Å². The summed E-state index contributed by atoms with van der Waals surface area (Å²) in [7, 11) is 1.62. The lowest BCUT2D eigenvalue weighted by atomic mass is 9.86. The fraction of sp³-hybridized carbons (Fsp3) is 0.214. The zero-order valence-corrected chi connectivity index (χ0v) is 20.0. The molecule has 35 heavy (non-hydrogen) atoms. The Balaban J connectivity index is 1.41. The highest BCUT2D eigenvalue weighted by molar-refractivity contribution is 6.30. The molecule has 1 saturated heterocycles. The van der Waals surface area contributed by atoms with Gasteiger partial charge >= 0.3 is 0 Å². The van der Waals surface area contributed by atoms with Gasteiger partial charge < -0.3 is 19.5 Å². The summed E-state index contributed by atoms with van der Waals surface area (Å²) in [4.78, 5) is 34.4. The smallest absolute Gasteiger partial charge is 0.246 e. The molecule has 3 aromatic carbocycles. The topological polar surface area (TPSA) is 65.6 Å². The van der Waals surface area contributed by atoms with Crippen molar-refractivity contribution in [1.29, 1.82) is 0 Å². The van der Waals surface area contributed by atoms with E-state index >= 15 is 0 Å². The molecule has 6 nitrogen and oxygen atoms in total. The van der Waals surface area contributed by atoms with E-state index in [4.69, 9.17) is 16.3 Å². The Hall–Kier alpha value is -3.77. The first-order chi connectivity index (χ1) is 17.0. The maximum absolute atomic E-state index is 13.8. The number of rotatable bonds is 4. The SMILES string of the molecule is COc1ccc(CN2CC(=O)N3[C@@H](c4ccc(Cl)cc4)c4[nH]c5ccccc5c4C[C@H]3C2=O)cc1. The summed E-state index contributed by atoms with van der Waals surface area (Å²) in [6.45, 7) is 0.423. The third-order valence-electron chi connectivity index (χ3n) is 7.06. The number of carbonyl (C=O) groups is 2. The largest absolute Gasteiger partial charge is 0.497 e. The zero-order chi connectivity index (χ0) is 24.1. The van der Waals surface area contributed by atoms with Crippen molar-refractivity contribution in [3.63, 3.8) is 0 Å². The predicted octanol–water partition coefficient (Wildman–Crippen LogP) is 4.72. The minimum atomic E-state index is -0.568. The number of piperazine rings is 1. The molecule has 1 N–H and O–H groups in total. The van der Waals surface area contributed by atoms with Crippen molar-refractivity contribution >= 4 is 34.3 Å². The van der Waals surface area contributed by atoms with Gasteiger partial charge in [-0.3, -0.25) is 9.59 Å². The molecule has 0 bridgehead atoms. The van der Waals surface area contributed by atoms with Crippen molar-refractivity contribution in [2.75, 3.05) is 13.7 Å². The molecule has 2 aliphatic heterocycles. The van der Waals surface area contributed by atoms with Gasteiger partial charge in [0.1, 0.15) is 18.3 Å². The number of ether oxygens (including phenoxy) is 1. The third kappa shape index (κ3) is 3.65. The van der Waals surface area contributed by atoms with Crippen LogP contribution in [-0.2, 0) is 22.6 Å². The quantitative estimate of drug-likeness (QED) is 0.455. The number of aromatic amines is 1. The lowest BCUT2D eigenvalue weighted by molar-refractivity contribution is -0.159. The van der Waals surface area contributed by atoms with Crippen molar-refractivity contribution in [2.24, 2.45) is 0 Å². The van der Waals surface area contributed by atoms with Crippen molar-refractivity contribution in [1.82, 2.24) is 14.8 Å². The fourth-order valence-electron chi connectivity index (χ4n) is 5.40. The van der Waals surface area contributed by atoms with Gasteiger partial charge in [0.15, 0.2) is 0 Å². The lowest BCUT2D eigenvalue weighted by Crippen LogP contribution is -2.62. The minimum absolute atomic E-state index is 0.0321. The number of hydrogen-bond acceptors (Lipinski definition) is 3. The molecule has 7 heteroatoms. The molecule has 4 aromatic rings. The summed E-state index contributed by atoms with van der Waals surface area (Å²) in [5, 5.41) is 1.72. The molecule has 2 amide bonds. The summed E-state index contributed by atoms with van der Waals surface area (Å²) >= 11 is 6.16. The Labute approximate surface area is 208 Å². The van der Waals surface area contributed by atoms with Gasteiger partial charge in [0.2, 0.25) is 11.8 Å². The Kier molecular flexibility index (Phi) is 5.26. The van der Waals surface area contributed by atoms with Crippen molar-refractivity contribution in [3.8, 4) is 5.75 Å². The minimum Gasteiger partial charge on any atom is -0.497 e. The van der Waals surface area contributed by atoms with Crippen molar-refractivity contribution < 1.29 is 14.3 Å². The number of aromatic nitrogens is 1. The number of para-hydroxylation sites is 1. The summed E-state index contributed by atoms with van der Waals surface area (Å²) in [5.74, 6) is 0.661. The van der Waals surface area contributed by atoms with Gasteiger partial charge in [-0.15, -0.1) is 0 Å². The number of nitrogens with one attached hydrogen (secondary N) is 1. The first-order valence-electron chi connectivity index (χ1n) is 11.6. The van der Waals surface area contributed by atoms with Gasteiger partial charge in [-0.25, -0.2) is 0 Å². The van der Waals surface area contributed by atoms with Crippen LogP contribution in [0, 0.1) is 0 Å². The van der Waals surface area contributed by atoms with Crippen LogP contribution in [0.1, 0.15) is 28.4 Å². The lowest BCUT2D eigenvalue weighted by Gasteiger charge is -2.47. The molecule has 1 fully saturated rings. The molecule has 0 radical (unpaired) electrons. The number of carbonyl (C=O) groups excluding carboxylic acids is 2. The summed E-state index contributed by atoms with van der Waals surface area (Å²) in [6, 6.07) is 22.3. The average Bonchev–Trinajstić information content (AvgIpc) is 3.25. The van der Waals surface area contributed by atoms with Crippen LogP contribution >= 0.6 is 11.6 Å². The standard InChI is InChI=1S/C28H24ClN3O3/c1-35-20-12-6-17(7-13-20)15-31-16-25(33)32-24(28(31)34)14-22-21-4-2-3-5-23(21)30-26(22)27(32)18-8-10-19(29)11-9-18/h2-13,24,27,30H,14-16H2,1H3/t24-,27-/m0/s1. The molecule has 1 aromatic heterocycles. The van der Waals surface area contributed by atoms with E-state index in [1.165, 1.54) is 0 Å². The van der Waals surface area contributed by atoms with Gasteiger partial charge in [0.25, 0.3) is 0 Å². The maximum atomic E-state index is 13.8. The molecule has 2 aliphatic rings. The van der Waals surface area contributed by atoms with Crippen LogP contribution in [-0.4, -0.2) is 46.3 Å². The first kappa shape index (κ1) is 21.7. The van der Waals surface area contributed by atoms with Crippen molar-refractivity contribution in [2.45, 2.75) is 25.0 Å². The van der Waals surface area contributed by atoms with Gasteiger partial charge in [-0.1, -0.05) is 54.1 Å². The van der Waals surface area contributed by atoms with E-state index in [2.05, 4.69) is 11.1 Å². The van der Waals surface area contributed by atoms with Crippen LogP contribution in [0.15, 0.2) is 72.8 Å². The van der Waals surface area contributed by atoms with E-state index in [-0.39, 0.29) is 24.4 Å². The van der Waals surface area contributed by atoms with E-state index in [0.717, 1.165) is 39.0 Å². The Bertz CT molecular complexity index is 1430. The monoisotopic (exact) mass is 485 g/mol. The van der Waals surface area contributed by atoms with Crippen LogP contribution < -0.4 is 4.74 Å². The van der Waals surface area contributed by atoms with Crippen LogP contribution in [0.4, 0.5) is 0 Å². The molecular weight excluding hydrogens is 462 g/mol. The van der Waals surface area contributed by atoms with E-state index in [9.17, 15) is 9.59 Å². The number of amides is 2. The number of H-pyrrole nitrogens is 1. The van der Waals surface area contributed by atoms with Crippen LogP contribution in [0.2, 0.25) is 5.02 Å². The van der Waals surface area contributed by atoms with E-state index in [0.29, 0.717) is 18.0 Å². The Morgan fingerprint density at radius 3 is 2.49 bits per heavy atom. The fourth-order valence-corrected chi connectivity index (χ4v) is 5.53. The van der Waals surface area contributed by atoms with Crippen molar-refractivity contribution in [3.05, 3.63) is 100 Å². The van der Waals surface area contributed by atoms with Crippen LogP contribution in [0.5, 0.6) is 5.75 Å². The highest BCUT2D eigenvalue weighted by Crippen LogP contribution is 2.42. The second-order valence-electron chi connectivity index (χ2n) is 9.08. The molecule has 0 spiro atoms.